The Morgan fingerprint density at radius 1 is 1.14 bits per heavy atom. The second-order valence-corrected chi connectivity index (χ2v) is 9.94. The number of alkyl halides is 3. The zero-order chi connectivity index (χ0) is 27.9. The van der Waals surface area contributed by atoms with Crippen molar-refractivity contribution in [2.45, 2.75) is 59.7 Å². The summed E-state index contributed by atoms with van der Waals surface area (Å²) in [4.78, 5) is 14.8. The van der Waals surface area contributed by atoms with Gasteiger partial charge in [0, 0.05) is 24.1 Å². The van der Waals surface area contributed by atoms with E-state index in [9.17, 15) is 18.0 Å². The maximum Gasteiger partial charge on any atom is 0.416 e. The molecule has 2 rings (SSSR count). The topological polar surface area (TPSA) is 29.5 Å². The van der Waals surface area contributed by atoms with Gasteiger partial charge in [0.25, 0.3) is 0 Å². The van der Waals surface area contributed by atoms with Crippen molar-refractivity contribution in [1.29, 1.82) is 0 Å². The second kappa shape index (κ2) is 13.1. The molecule has 7 heteroatoms. The van der Waals surface area contributed by atoms with Gasteiger partial charge < -0.3 is 9.64 Å². The molecule has 1 amide bonds. The number of halogens is 3. The molecule has 0 fully saturated rings. The Morgan fingerprint density at radius 3 is 2.24 bits per heavy atom. The number of carbonyl (C=O) groups excluding carboxylic acids is 1. The van der Waals surface area contributed by atoms with Gasteiger partial charge in [0.2, 0.25) is 5.91 Å². The number of allylic oxidation sites excluding steroid dienone is 2. The molecule has 0 aliphatic carbocycles. The highest BCUT2D eigenvalue weighted by Crippen LogP contribution is 2.39. The van der Waals surface area contributed by atoms with Gasteiger partial charge in [-0.3, -0.25) is 4.79 Å². The summed E-state index contributed by atoms with van der Waals surface area (Å²) in [7, 11) is 2.66. The lowest BCUT2D eigenvalue weighted by atomic mass is 9.85. The fraction of sp³-hybridized carbons (Fsp3) is 0.367. The van der Waals surface area contributed by atoms with Crippen LogP contribution in [0.3, 0.4) is 0 Å². The highest BCUT2D eigenvalue weighted by molar-refractivity contribution is 7.27. The molecule has 2 aromatic rings. The Balaban J connectivity index is 2.72. The fourth-order valence-corrected chi connectivity index (χ4v) is 4.40. The summed E-state index contributed by atoms with van der Waals surface area (Å²) in [5.41, 5.74) is 1.72. The lowest BCUT2D eigenvalue weighted by molar-refractivity contribution is -0.137. The molecular weight excluding hydrogens is 494 g/mol. The monoisotopic (exact) mass is 531 g/mol. The van der Waals surface area contributed by atoms with Crippen LogP contribution in [-0.4, -0.2) is 23.5 Å². The highest BCUT2D eigenvalue weighted by Gasteiger charge is 2.35. The highest BCUT2D eigenvalue weighted by atomic mass is 31.0. The Bertz CT molecular complexity index is 1150. The predicted octanol–water partition coefficient (Wildman–Crippen LogP) is 7.75. The third kappa shape index (κ3) is 7.82. The first-order valence-corrected chi connectivity index (χ1v) is 12.9. The summed E-state index contributed by atoms with van der Waals surface area (Å²) < 4.78 is 45.9. The number of hydrogen-bond donors (Lipinski definition) is 0. The first-order valence-electron chi connectivity index (χ1n) is 12.3. The normalized spacial score (nSPS) is 14.1. The second-order valence-electron chi connectivity index (χ2n) is 9.27. The molecule has 3 unspecified atom stereocenters. The van der Waals surface area contributed by atoms with Crippen LogP contribution in [0.4, 0.5) is 13.2 Å². The van der Waals surface area contributed by atoms with Gasteiger partial charge in [0.05, 0.1) is 18.2 Å². The minimum Gasteiger partial charge on any atom is -0.493 e. The number of hydrogen-bond acceptors (Lipinski definition) is 2. The number of benzene rings is 2. The van der Waals surface area contributed by atoms with Crippen molar-refractivity contribution in [1.82, 2.24) is 4.90 Å². The van der Waals surface area contributed by atoms with Crippen LogP contribution in [0.2, 0.25) is 0 Å². The smallest absolute Gasteiger partial charge is 0.416 e. The average Bonchev–Trinajstić information content (AvgIpc) is 2.82. The van der Waals surface area contributed by atoms with Crippen LogP contribution in [0, 0.1) is 5.92 Å². The molecule has 0 saturated heterocycles. The number of rotatable bonds is 10. The van der Waals surface area contributed by atoms with E-state index < -0.39 is 17.8 Å². The van der Waals surface area contributed by atoms with E-state index in [0.717, 1.165) is 28.6 Å². The molecule has 0 aliphatic heterocycles. The number of ether oxygens (including phenoxy) is 1. The van der Waals surface area contributed by atoms with Crippen LogP contribution in [0.1, 0.15) is 64.2 Å². The molecule has 200 valence electrons. The average molecular weight is 532 g/mol. The number of nitrogens with zero attached hydrogens (tertiary/aromatic N) is 1. The fourth-order valence-electron chi connectivity index (χ4n) is 4.21. The van der Waals surface area contributed by atoms with E-state index in [1.807, 2.05) is 50.3 Å². The van der Waals surface area contributed by atoms with Crippen molar-refractivity contribution in [3.05, 3.63) is 89.5 Å². The van der Waals surface area contributed by atoms with Crippen LogP contribution in [-0.2, 0) is 11.0 Å². The van der Waals surface area contributed by atoms with Crippen molar-refractivity contribution < 1.29 is 22.7 Å². The molecule has 0 aromatic heterocycles. The Labute approximate surface area is 221 Å². The zero-order valence-corrected chi connectivity index (χ0v) is 23.5. The van der Waals surface area contributed by atoms with E-state index in [1.165, 1.54) is 13.0 Å². The summed E-state index contributed by atoms with van der Waals surface area (Å²) in [6.07, 6.45) is 1.51. The Hall–Kier alpha value is -2.85. The van der Waals surface area contributed by atoms with Gasteiger partial charge in [-0.25, -0.2) is 0 Å². The van der Waals surface area contributed by atoms with E-state index in [1.54, 1.807) is 11.8 Å². The van der Waals surface area contributed by atoms with Crippen LogP contribution < -0.4 is 10.0 Å². The Kier molecular flexibility index (Phi) is 10.8. The van der Waals surface area contributed by atoms with Gasteiger partial charge >= 0.3 is 6.18 Å². The molecule has 0 heterocycles. The standard InChI is InChI=1S/C30H37F3NO2P/c1-8-23(11-10-19(3)4)29(20(5)24-12-15-26(37)16-13-24)34(22(7)35)21(6)27-17-14-25(30(31,32)33)18-28(27)36-9-2/h8,10-20,29H,6,9,37H2,1-5,7H3/b11-10-,23-8+. The molecule has 0 aliphatic rings. The summed E-state index contributed by atoms with van der Waals surface area (Å²) in [5.74, 6) is -0.105. The predicted molar refractivity (Wildman–Crippen MR) is 150 cm³/mol. The van der Waals surface area contributed by atoms with Crippen LogP contribution >= 0.6 is 9.24 Å². The van der Waals surface area contributed by atoms with E-state index in [0.29, 0.717) is 5.56 Å². The maximum atomic E-state index is 13.4. The SMILES string of the molecule is C=C(c1ccc(C(F)(F)F)cc1OCC)N(C(C)=O)C(C(/C=C\C(C)C)=C/C)C(C)c1ccc(P)cc1. The van der Waals surface area contributed by atoms with Gasteiger partial charge in [-0.2, -0.15) is 13.2 Å². The van der Waals surface area contributed by atoms with Crippen LogP contribution in [0.25, 0.3) is 5.70 Å². The molecule has 0 radical (unpaired) electrons. The molecule has 2 aromatic carbocycles. The summed E-state index contributed by atoms with van der Waals surface area (Å²) in [5, 5.41) is 1.04. The molecular formula is C30H37F3NO2P. The molecule has 37 heavy (non-hydrogen) atoms. The molecule has 3 atom stereocenters. The van der Waals surface area contributed by atoms with Gasteiger partial charge in [-0.15, -0.1) is 9.24 Å². The van der Waals surface area contributed by atoms with Gasteiger partial charge in [-0.05, 0) is 54.4 Å². The first kappa shape index (κ1) is 30.4. The lowest BCUT2D eigenvalue weighted by Gasteiger charge is -2.38. The summed E-state index contributed by atoms with van der Waals surface area (Å²) in [6, 6.07) is 10.8. The third-order valence-electron chi connectivity index (χ3n) is 6.11. The Morgan fingerprint density at radius 2 is 1.76 bits per heavy atom. The van der Waals surface area contributed by atoms with E-state index >= 15 is 0 Å². The molecule has 0 bridgehead atoms. The number of carbonyl (C=O) groups is 1. The van der Waals surface area contributed by atoms with Gasteiger partial charge in [0.1, 0.15) is 5.75 Å². The maximum absolute atomic E-state index is 13.4. The molecule has 3 nitrogen and oxygen atoms in total. The van der Waals surface area contributed by atoms with E-state index in [4.69, 9.17) is 4.74 Å². The van der Waals surface area contributed by atoms with E-state index in [-0.39, 0.29) is 35.8 Å². The first-order chi connectivity index (χ1) is 17.3. The van der Waals surface area contributed by atoms with Crippen molar-refractivity contribution in [2.75, 3.05) is 6.61 Å². The summed E-state index contributed by atoms with van der Waals surface area (Å²) in [6.45, 7) is 15.6. The van der Waals surface area contributed by atoms with Crippen molar-refractivity contribution in [2.24, 2.45) is 5.92 Å². The minimum absolute atomic E-state index is 0.0343. The molecule has 0 spiro atoms. The van der Waals surface area contributed by atoms with Crippen molar-refractivity contribution >= 4 is 26.1 Å². The number of amides is 1. The minimum atomic E-state index is -4.52. The van der Waals surface area contributed by atoms with Crippen LogP contribution in [0.15, 0.2) is 72.8 Å². The largest absolute Gasteiger partial charge is 0.493 e. The van der Waals surface area contributed by atoms with Crippen molar-refractivity contribution in [3.8, 4) is 5.75 Å². The van der Waals surface area contributed by atoms with E-state index in [2.05, 4.69) is 35.7 Å². The molecule has 0 N–H and O–H groups in total. The van der Waals surface area contributed by atoms with Crippen LogP contribution in [0.5, 0.6) is 5.75 Å². The van der Waals surface area contributed by atoms with Gasteiger partial charge in [0.15, 0.2) is 0 Å². The van der Waals surface area contributed by atoms with Gasteiger partial charge in [-0.1, -0.05) is 69.8 Å². The summed E-state index contributed by atoms with van der Waals surface area (Å²) >= 11 is 0. The zero-order valence-electron chi connectivity index (χ0n) is 22.4. The molecule has 0 saturated carbocycles. The lowest BCUT2D eigenvalue weighted by Crippen LogP contribution is -2.41. The third-order valence-corrected chi connectivity index (χ3v) is 6.50. The van der Waals surface area contributed by atoms with Crippen molar-refractivity contribution in [3.63, 3.8) is 0 Å². The quantitative estimate of drug-likeness (QED) is 0.232.